The molecule has 0 spiro atoms. The summed E-state index contributed by atoms with van der Waals surface area (Å²) in [6.45, 7) is 4.10. The van der Waals surface area contributed by atoms with Gasteiger partial charge in [-0.05, 0) is 23.8 Å². The highest BCUT2D eigenvalue weighted by Crippen LogP contribution is 2.21. The van der Waals surface area contributed by atoms with Gasteiger partial charge in [-0.25, -0.2) is 0 Å². The Bertz CT molecular complexity index is 662. The number of rotatable bonds is 3. The van der Waals surface area contributed by atoms with Crippen LogP contribution >= 0.6 is 23.2 Å². The van der Waals surface area contributed by atoms with Gasteiger partial charge in [0.2, 0.25) is 0 Å². The minimum absolute atomic E-state index is 0.00578. The Labute approximate surface area is 146 Å². The molecule has 1 aliphatic heterocycles. The van der Waals surface area contributed by atoms with Gasteiger partial charge in [0.05, 0.1) is 0 Å². The number of halogens is 2. The van der Waals surface area contributed by atoms with E-state index < -0.39 is 0 Å². The Kier molecular flexibility index (Phi) is 5.21. The van der Waals surface area contributed by atoms with E-state index in [4.69, 9.17) is 23.2 Å². The van der Waals surface area contributed by atoms with E-state index in [2.05, 4.69) is 29.2 Å². The first-order chi connectivity index (χ1) is 11.1. The third-order valence-electron chi connectivity index (χ3n) is 4.02. The molecule has 1 fully saturated rings. The summed E-state index contributed by atoms with van der Waals surface area (Å²) >= 11 is 12.0. The van der Waals surface area contributed by atoms with Crippen molar-refractivity contribution in [3.05, 3.63) is 69.7 Å². The molecule has 0 bridgehead atoms. The van der Waals surface area contributed by atoms with E-state index >= 15 is 0 Å². The highest BCUT2D eigenvalue weighted by atomic mass is 35.5. The van der Waals surface area contributed by atoms with Crippen LogP contribution in [-0.2, 0) is 6.54 Å². The van der Waals surface area contributed by atoms with Crippen molar-refractivity contribution in [1.29, 1.82) is 0 Å². The van der Waals surface area contributed by atoms with E-state index in [-0.39, 0.29) is 5.91 Å². The van der Waals surface area contributed by atoms with Gasteiger partial charge >= 0.3 is 0 Å². The lowest BCUT2D eigenvalue weighted by Gasteiger charge is -2.34. The molecule has 5 heteroatoms. The molecule has 1 amide bonds. The Balaban J connectivity index is 1.59. The normalized spacial score (nSPS) is 15.7. The van der Waals surface area contributed by atoms with Crippen molar-refractivity contribution in [2.75, 3.05) is 26.2 Å². The summed E-state index contributed by atoms with van der Waals surface area (Å²) < 4.78 is 0. The lowest BCUT2D eigenvalue weighted by Crippen LogP contribution is -2.48. The molecular formula is C18H18Cl2N2O. The van der Waals surface area contributed by atoms with Crippen molar-refractivity contribution in [1.82, 2.24) is 9.80 Å². The molecule has 3 rings (SSSR count). The molecule has 0 atom stereocenters. The molecule has 3 nitrogen and oxygen atoms in total. The van der Waals surface area contributed by atoms with E-state index in [0.29, 0.717) is 15.6 Å². The summed E-state index contributed by atoms with van der Waals surface area (Å²) in [6.07, 6.45) is 0. The van der Waals surface area contributed by atoms with E-state index in [1.54, 1.807) is 18.2 Å². The number of carbonyl (C=O) groups is 1. The molecule has 2 aromatic carbocycles. The van der Waals surface area contributed by atoms with E-state index in [0.717, 1.165) is 32.7 Å². The summed E-state index contributed by atoms with van der Waals surface area (Å²) in [5.74, 6) is -0.00578. The van der Waals surface area contributed by atoms with Crippen molar-refractivity contribution < 1.29 is 4.79 Å². The van der Waals surface area contributed by atoms with Crippen LogP contribution < -0.4 is 0 Å². The van der Waals surface area contributed by atoms with E-state index in [1.165, 1.54) is 5.56 Å². The molecule has 120 valence electrons. The molecule has 0 saturated carbocycles. The van der Waals surface area contributed by atoms with Gasteiger partial charge in [0.1, 0.15) is 0 Å². The zero-order valence-corrected chi connectivity index (χ0v) is 14.2. The Morgan fingerprint density at radius 1 is 0.913 bits per heavy atom. The highest BCUT2D eigenvalue weighted by Gasteiger charge is 2.22. The lowest BCUT2D eigenvalue weighted by atomic mass is 10.1. The highest BCUT2D eigenvalue weighted by molar-refractivity contribution is 6.35. The fourth-order valence-electron chi connectivity index (χ4n) is 2.81. The number of hydrogen-bond donors (Lipinski definition) is 0. The predicted molar refractivity (Wildman–Crippen MR) is 94.1 cm³/mol. The fraction of sp³-hybridized carbons (Fsp3) is 0.278. The number of piperazine rings is 1. The summed E-state index contributed by atoms with van der Waals surface area (Å²) in [4.78, 5) is 16.8. The minimum atomic E-state index is -0.00578. The zero-order valence-electron chi connectivity index (χ0n) is 12.7. The van der Waals surface area contributed by atoms with Gasteiger partial charge in [0, 0.05) is 48.3 Å². The van der Waals surface area contributed by atoms with Crippen LogP contribution in [-0.4, -0.2) is 41.9 Å². The van der Waals surface area contributed by atoms with E-state index in [1.807, 2.05) is 11.0 Å². The molecule has 2 aromatic rings. The molecule has 1 saturated heterocycles. The summed E-state index contributed by atoms with van der Waals surface area (Å²) in [5.41, 5.74) is 1.85. The lowest BCUT2D eigenvalue weighted by molar-refractivity contribution is 0.0628. The van der Waals surface area contributed by atoms with Crippen LogP contribution in [0.1, 0.15) is 15.9 Å². The van der Waals surface area contributed by atoms with Crippen LogP contribution in [0.25, 0.3) is 0 Å². The molecule has 0 radical (unpaired) electrons. The Morgan fingerprint density at radius 2 is 1.52 bits per heavy atom. The molecule has 23 heavy (non-hydrogen) atoms. The van der Waals surface area contributed by atoms with Crippen LogP contribution in [0.4, 0.5) is 0 Å². The van der Waals surface area contributed by atoms with Crippen molar-refractivity contribution in [3.63, 3.8) is 0 Å². The van der Waals surface area contributed by atoms with Crippen molar-refractivity contribution in [3.8, 4) is 0 Å². The maximum Gasteiger partial charge on any atom is 0.254 e. The predicted octanol–water partition coefficient (Wildman–Crippen LogP) is 3.95. The third kappa shape index (κ3) is 4.25. The number of amides is 1. The zero-order chi connectivity index (χ0) is 16.2. The average molecular weight is 349 g/mol. The fourth-order valence-corrected chi connectivity index (χ4v) is 3.34. The van der Waals surface area contributed by atoms with Gasteiger partial charge in [0.15, 0.2) is 0 Å². The molecule has 0 unspecified atom stereocenters. The molecule has 0 aromatic heterocycles. The molecule has 0 N–H and O–H groups in total. The van der Waals surface area contributed by atoms with Gasteiger partial charge in [0.25, 0.3) is 5.91 Å². The van der Waals surface area contributed by atoms with Crippen LogP contribution in [0.2, 0.25) is 10.0 Å². The standard InChI is InChI=1S/C18H18Cl2N2O/c19-16-10-15(11-17(20)12-16)18(23)22-8-6-21(7-9-22)13-14-4-2-1-3-5-14/h1-5,10-12H,6-9,13H2. The second-order valence-electron chi connectivity index (χ2n) is 5.71. The molecule has 0 aliphatic carbocycles. The SMILES string of the molecule is O=C(c1cc(Cl)cc(Cl)c1)N1CCN(Cc2ccccc2)CC1. The minimum Gasteiger partial charge on any atom is -0.336 e. The second-order valence-corrected chi connectivity index (χ2v) is 6.58. The van der Waals surface area contributed by atoms with Gasteiger partial charge in [-0.3, -0.25) is 9.69 Å². The largest absolute Gasteiger partial charge is 0.336 e. The number of carbonyl (C=O) groups excluding carboxylic acids is 1. The number of nitrogens with zero attached hydrogens (tertiary/aromatic N) is 2. The maximum atomic E-state index is 12.6. The Morgan fingerprint density at radius 3 is 2.13 bits per heavy atom. The summed E-state index contributed by atoms with van der Waals surface area (Å²) in [7, 11) is 0. The first kappa shape index (κ1) is 16.3. The van der Waals surface area contributed by atoms with Crippen molar-refractivity contribution in [2.45, 2.75) is 6.54 Å². The third-order valence-corrected chi connectivity index (χ3v) is 4.45. The van der Waals surface area contributed by atoms with Gasteiger partial charge in [-0.2, -0.15) is 0 Å². The molecule has 1 aliphatic rings. The van der Waals surface area contributed by atoms with Crippen LogP contribution in [0.3, 0.4) is 0 Å². The topological polar surface area (TPSA) is 23.6 Å². The first-order valence-corrected chi connectivity index (χ1v) is 8.39. The second kappa shape index (κ2) is 7.35. The van der Waals surface area contributed by atoms with Crippen molar-refractivity contribution >= 4 is 29.1 Å². The summed E-state index contributed by atoms with van der Waals surface area (Å²) in [5, 5.41) is 0.979. The Hall–Kier alpha value is -1.55. The maximum absolute atomic E-state index is 12.6. The van der Waals surface area contributed by atoms with Crippen LogP contribution in [0.5, 0.6) is 0 Å². The molecular weight excluding hydrogens is 331 g/mol. The monoisotopic (exact) mass is 348 g/mol. The number of hydrogen-bond acceptors (Lipinski definition) is 2. The first-order valence-electron chi connectivity index (χ1n) is 7.63. The van der Waals surface area contributed by atoms with Gasteiger partial charge in [-0.1, -0.05) is 53.5 Å². The summed E-state index contributed by atoms with van der Waals surface area (Å²) in [6, 6.07) is 15.4. The quantitative estimate of drug-likeness (QED) is 0.838. The average Bonchev–Trinajstić information content (AvgIpc) is 2.55. The van der Waals surface area contributed by atoms with Crippen LogP contribution in [0, 0.1) is 0 Å². The van der Waals surface area contributed by atoms with E-state index in [9.17, 15) is 4.79 Å². The van der Waals surface area contributed by atoms with Gasteiger partial charge < -0.3 is 4.90 Å². The van der Waals surface area contributed by atoms with Crippen molar-refractivity contribution in [2.24, 2.45) is 0 Å². The number of benzene rings is 2. The van der Waals surface area contributed by atoms with Gasteiger partial charge in [-0.15, -0.1) is 0 Å². The molecule has 1 heterocycles. The smallest absolute Gasteiger partial charge is 0.254 e. The van der Waals surface area contributed by atoms with Crippen LogP contribution in [0.15, 0.2) is 48.5 Å².